The average Bonchev–Trinajstić information content (AvgIpc) is 2.52. The summed E-state index contributed by atoms with van der Waals surface area (Å²) >= 11 is 0. The molecule has 2 aromatic rings. The lowest BCUT2D eigenvalue weighted by atomic mass is 10.0. The smallest absolute Gasteiger partial charge is 0.162 e. The maximum absolute atomic E-state index is 12.8. The van der Waals surface area contributed by atoms with Crippen molar-refractivity contribution in [1.82, 2.24) is 0 Å². The van der Waals surface area contributed by atoms with E-state index >= 15 is 0 Å². The predicted octanol–water partition coefficient (Wildman–Crippen LogP) is 5.10. The zero-order valence-electron chi connectivity index (χ0n) is 11.8. The van der Waals surface area contributed by atoms with Crippen molar-refractivity contribution in [2.24, 2.45) is 0 Å². The number of carbonyl (C=O) groups excluding carboxylic acids is 1. The fraction of sp³-hybridized carbons (Fsp3) is 0.158. The maximum atomic E-state index is 12.8. The Kier molecular flexibility index (Phi) is 5.89. The number of benzene rings is 2. The number of unbranched alkanes of at least 4 members (excludes halogenated alkanes) is 2. The van der Waals surface area contributed by atoms with Gasteiger partial charge in [0.2, 0.25) is 0 Å². The predicted molar refractivity (Wildman–Crippen MR) is 84.4 cm³/mol. The molecule has 0 unspecified atom stereocenters. The van der Waals surface area contributed by atoms with E-state index in [2.05, 4.69) is 6.42 Å². The summed E-state index contributed by atoms with van der Waals surface area (Å²) in [4.78, 5) is 11.9. The molecule has 2 rings (SSSR count). The van der Waals surface area contributed by atoms with Crippen LogP contribution in [-0.2, 0) is 0 Å². The summed E-state index contributed by atoms with van der Waals surface area (Å²) in [6.45, 7) is 0. The molecule has 0 heterocycles. The molecule has 0 saturated carbocycles. The molecular formula is C19H18FO. The molecule has 0 atom stereocenters. The lowest BCUT2D eigenvalue weighted by Crippen LogP contribution is -1.98. The Hall–Kier alpha value is -2.22. The van der Waals surface area contributed by atoms with E-state index in [0.717, 1.165) is 18.4 Å². The van der Waals surface area contributed by atoms with Crippen LogP contribution in [0.15, 0.2) is 60.7 Å². The van der Waals surface area contributed by atoms with Gasteiger partial charge in [0.1, 0.15) is 5.82 Å². The Morgan fingerprint density at radius 1 is 1.00 bits per heavy atom. The van der Waals surface area contributed by atoms with Crippen LogP contribution in [-0.4, -0.2) is 5.78 Å². The number of allylic oxidation sites excluding steroid dienone is 1. The maximum Gasteiger partial charge on any atom is 0.162 e. The van der Waals surface area contributed by atoms with Crippen LogP contribution in [0.2, 0.25) is 0 Å². The van der Waals surface area contributed by atoms with Gasteiger partial charge in [0.05, 0.1) is 0 Å². The van der Waals surface area contributed by atoms with Gasteiger partial charge in [-0.3, -0.25) is 4.79 Å². The van der Waals surface area contributed by atoms with Crippen molar-refractivity contribution in [3.63, 3.8) is 0 Å². The van der Waals surface area contributed by atoms with Gasteiger partial charge in [-0.25, -0.2) is 4.39 Å². The van der Waals surface area contributed by atoms with Crippen LogP contribution >= 0.6 is 0 Å². The molecule has 0 aliphatic rings. The molecule has 1 radical (unpaired) electrons. The van der Waals surface area contributed by atoms with Crippen LogP contribution in [0.4, 0.5) is 4.39 Å². The van der Waals surface area contributed by atoms with Crippen molar-refractivity contribution < 1.29 is 9.18 Å². The van der Waals surface area contributed by atoms with Gasteiger partial charge >= 0.3 is 0 Å². The van der Waals surface area contributed by atoms with Gasteiger partial charge in [0.25, 0.3) is 0 Å². The van der Waals surface area contributed by atoms with Gasteiger partial charge in [-0.1, -0.05) is 42.5 Å². The van der Waals surface area contributed by atoms with E-state index in [0.29, 0.717) is 12.0 Å². The molecule has 21 heavy (non-hydrogen) atoms. The van der Waals surface area contributed by atoms with Gasteiger partial charge in [-0.05, 0) is 49.1 Å². The average molecular weight is 281 g/mol. The van der Waals surface area contributed by atoms with Crippen LogP contribution < -0.4 is 0 Å². The number of hydrogen-bond donors (Lipinski definition) is 0. The summed E-state index contributed by atoms with van der Waals surface area (Å²) in [5.74, 6) is -0.249. The molecule has 0 N–H and O–H groups in total. The van der Waals surface area contributed by atoms with Gasteiger partial charge in [0.15, 0.2) is 5.78 Å². The molecule has 0 fully saturated rings. The third-order valence-electron chi connectivity index (χ3n) is 3.17. The number of halogens is 1. The summed E-state index contributed by atoms with van der Waals surface area (Å²) in [5.41, 5.74) is 1.74. The summed E-state index contributed by atoms with van der Waals surface area (Å²) < 4.78 is 12.8. The SMILES string of the molecule is O=C(CCC[CH]C=Cc1ccccc1)c1ccc(F)cc1. The van der Waals surface area contributed by atoms with Crippen molar-refractivity contribution in [3.8, 4) is 0 Å². The number of carbonyl (C=O) groups is 1. The molecule has 0 spiro atoms. The monoisotopic (exact) mass is 281 g/mol. The fourth-order valence-electron chi connectivity index (χ4n) is 2.00. The first-order valence-electron chi connectivity index (χ1n) is 7.09. The molecule has 0 saturated heterocycles. The number of rotatable bonds is 7. The third kappa shape index (κ3) is 5.35. The highest BCUT2D eigenvalue weighted by Gasteiger charge is 2.04. The molecule has 1 nitrogen and oxygen atoms in total. The molecule has 2 heteroatoms. The van der Waals surface area contributed by atoms with Gasteiger partial charge in [0, 0.05) is 12.0 Å². The molecule has 0 aliphatic heterocycles. The van der Waals surface area contributed by atoms with Crippen LogP contribution in [0.1, 0.15) is 35.2 Å². The Balaban J connectivity index is 1.67. The molecule has 0 aliphatic carbocycles. The summed E-state index contributed by atoms with van der Waals surface area (Å²) in [6, 6.07) is 15.8. The highest BCUT2D eigenvalue weighted by Crippen LogP contribution is 2.10. The third-order valence-corrected chi connectivity index (χ3v) is 3.17. The van der Waals surface area contributed by atoms with E-state index in [1.165, 1.54) is 24.3 Å². The van der Waals surface area contributed by atoms with Crippen molar-refractivity contribution in [1.29, 1.82) is 0 Å². The van der Waals surface area contributed by atoms with Crippen molar-refractivity contribution in [2.45, 2.75) is 19.3 Å². The fourth-order valence-corrected chi connectivity index (χ4v) is 2.00. The molecule has 2 aromatic carbocycles. The van der Waals surface area contributed by atoms with Crippen LogP contribution in [0.5, 0.6) is 0 Å². The van der Waals surface area contributed by atoms with E-state index in [4.69, 9.17) is 0 Å². The second-order valence-electron chi connectivity index (χ2n) is 4.83. The highest BCUT2D eigenvalue weighted by molar-refractivity contribution is 5.95. The second-order valence-corrected chi connectivity index (χ2v) is 4.83. The minimum Gasteiger partial charge on any atom is -0.294 e. The van der Waals surface area contributed by atoms with Crippen LogP contribution in [0.25, 0.3) is 6.08 Å². The molecule has 0 aromatic heterocycles. The lowest BCUT2D eigenvalue weighted by Gasteiger charge is -2.00. The number of ketones is 1. The summed E-state index contributed by atoms with van der Waals surface area (Å²) in [6.07, 6.45) is 8.26. The quantitative estimate of drug-likeness (QED) is 0.510. The van der Waals surface area contributed by atoms with E-state index < -0.39 is 0 Å². The first-order valence-corrected chi connectivity index (χ1v) is 7.09. The van der Waals surface area contributed by atoms with Crippen LogP contribution in [0.3, 0.4) is 0 Å². The Morgan fingerprint density at radius 3 is 2.43 bits per heavy atom. The zero-order valence-corrected chi connectivity index (χ0v) is 11.8. The number of hydrogen-bond acceptors (Lipinski definition) is 1. The van der Waals surface area contributed by atoms with E-state index in [9.17, 15) is 9.18 Å². The second kappa shape index (κ2) is 8.15. The van der Waals surface area contributed by atoms with E-state index in [-0.39, 0.29) is 11.6 Å². The van der Waals surface area contributed by atoms with Crippen molar-refractivity contribution in [3.05, 3.63) is 84.0 Å². The van der Waals surface area contributed by atoms with E-state index in [1.807, 2.05) is 42.5 Å². The van der Waals surface area contributed by atoms with Crippen molar-refractivity contribution in [2.75, 3.05) is 0 Å². The molecule has 0 bridgehead atoms. The zero-order chi connectivity index (χ0) is 14.9. The largest absolute Gasteiger partial charge is 0.294 e. The number of Topliss-reactive ketones (excluding diaryl/α,β-unsaturated/α-hetero) is 1. The van der Waals surface area contributed by atoms with E-state index in [1.54, 1.807) is 0 Å². The summed E-state index contributed by atoms with van der Waals surface area (Å²) in [5, 5.41) is 0. The van der Waals surface area contributed by atoms with Crippen molar-refractivity contribution >= 4 is 11.9 Å². The molecule has 107 valence electrons. The minimum atomic E-state index is -0.314. The highest BCUT2D eigenvalue weighted by atomic mass is 19.1. The first kappa shape index (κ1) is 15.2. The standard InChI is InChI=1S/C19H18FO/c20-18-14-12-17(13-15-18)19(21)11-7-2-1-4-8-16-9-5-3-6-10-16/h1,3-6,8-10,12-15H,2,7,11H2. The Morgan fingerprint density at radius 2 is 1.71 bits per heavy atom. The molecular weight excluding hydrogens is 263 g/mol. The van der Waals surface area contributed by atoms with Gasteiger partial charge < -0.3 is 0 Å². The molecule has 0 amide bonds. The summed E-state index contributed by atoms with van der Waals surface area (Å²) in [7, 11) is 0. The topological polar surface area (TPSA) is 17.1 Å². The van der Waals surface area contributed by atoms with Gasteiger partial charge in [-0.2, -0.15) is 0 Å². The Labute approximate surface area is 125 Å². The lowest BCUT2D eigenvalue weighted by molar-refractivity contribution is 0.0980. The first-order chi connectivity index (χ1) is 10.3. The minimum absolute atomic E-state index is 0.0652. The van der Waals surface area contributed by atoms with Crippen LogP contribution in [0, 0.1) is 12.2 Å². The van der Waals surface area contributed by atoms with Gasteiger partial charge in [-0.15, -0.1) is 0 Å². The Bertz CT molecular complexity index is 585. The normalized spacial score (nSPS) is 10.9.